The van der Waals surface area contributed by atoms with E-state index in [1.165, 1.54) is 6.26 Å². The van der Waals surface area contributed by atoms with Crippen LogP contribution in [0.25, 0.3) is 0 Å². The summed E-state index contributed by atoms with van der Waals surface area (Å²) in [4.78, 5) is 36.1. The van der Waals surface area contributed by atoms with Crippen molar-refractivity contribution in [1.29, 1.82) is 0 Å². The number of aryl methyl sites for hydroxylation is 2. The van der Waals surface area contributed by atoms with Gasteiger partial charge in [-0.3, -0.25) is 14.4 Å². The molecule has 3 aromatic rings. The van der Waals surface area contributed by atoms with Crippen LogP contribution in [0.2, 0.25) is 0 Å². The molecule has 0 aliphatic rings. The topological polar surface area (TPSA) is 110 Å². The summed E-state index contributed by atoms with van der Waals surface area (Å²) < 4.78 is 10.5. The highest BCUT2D eigenvalue weighted by atomic mass is 16.5. The summed E-state index contributed by atoms with van der Waals surface area (Å²) in [5.41, 5.74) is 3.24. The van der Waals surface area contributed by atoms with Crippen molar-refractivity contribution in [3.05, 3.63) is 83.3 Å². The second-order valence-electron chi connectivity index (χ2n) is 7.15. The summed E-state index contributed by atoms with van der Waals surface area (Å²) in [7, 11) is 0. The van der Waals surface area contributed by atoms with Gasteiger partial charge < -0.3 is 25.1 Å². The number of hydrogen-bond acceptors (Lipinski definition) is 5. The lowest BCUT2D eigenvalue weighted by Crippen LogP contribution is -2.34. The van der Waals surface area contributed by atoms with Crippen molar-refractivity contribution in [2.24, 2.45) is 0 Å². The summed E-state index contributed by atoms with van der Waals surface area (Å²) in [5.74, 6) is -0.0734. The van der Waals surface area contributed by atoms with Crippen molar-refractivity contribution in [3.8, 4) is 5.75 Å². The first kappa shape index (κ1) is 22.6. The highest BCUT2D eigenvalue weighted by Crippen LogP contribution is 2.16. The van der Waals surface area contributed by atoms with Gasteiger partial charge in [-0.2, -0.15) is 0 Å². The molecule has 0 aliphatic heterocycles. The molecule has 2 aromatic carbocycles. The van der Waals surface area contributed by atoms with E-state index < -0.39 is 0 Å². The molecule has 3 rings (SSSR count). The predicted octanol–water partition coefficient (Wildman–Crippen LogP) is 3.07. The normalized spacial score (nSPS) is 10.3. The molecule has 0 radical (unpaired) electrons. The Morgan fingerprint density at radius 3 is 2.25 bits per heavy atom. The van der Waals surface area contributed by atoms with Crippen molar-refractivity contribution in [2.75, 3.05) is 25.0 Å². The van der Waals surface area contributed by atoms with E-state index in [2.05, 4.69) is 16.0 Å². The zero-order valence-corrected chi connectivity index (χ0v) is 17.9. The van der Waals surface area contributed by atoms with Crippen molar-refractivity contribution in [2.45, 2.75) is 13.8 Å². The molecule has 0 aliphatic carbocycles. The van der Waals surface area contributed by atoms with E-state index in [-0.39, 0.29) is 43.2 Å². The van der Waals surface area contributed by atoms with E-state index in [1.807, 2.05) is 32.0 Å². The molecule has 0 unspecified atom stereocenters. The van der Waals surface area contributed by atoms with Crippen LogP contribution in [0.3, 0.4) is 0 Å². The molecule has 0 saturated heterocycles. The molecular formula is C24H25N3O5. The molecule has 3 N–H and O–H groups in total. The highest BCUT2D eigenvalue weighted by Gasteiger charge is 2.09. The van der Waals surface area contributed by atoms with Gasteiger partial charge in [0.2, 0.25) is 0 Å². The predicted molar refractivity (Wildman–Crippen MR) is 120 cm³/mol. The highest BCUT2D eigenvalue weighted by molar-refractivity contribution is 5.96. The van der Waals surface area contributed by atoms with Gasteiger partial charge in [-0.05, 0) is 73.5 Å². The van der Waals surface area contributed by atoms with Gasteiger partial charge in [-0.1, -0.05) is 6.07 Å². The van der Waals surface area contributed by atoms with Crippen LogP contribution in [0.5, 0.6) is 5.75 Å². The fourth-order valence-corrected chi connectivity index (χ4v) is 2.80. The van der Waals surface area contributed by atoms with E-state index in [4.69, 9.17) is 9.15 Å². The summed E-state index contributed by atoms with van der Waals surface area (Å²) >= 11 is 0. The van der Waals surface area contributed by atoms with Crippen molar-refractivity contribution in [1.82, 2.24) is 10.6 Å². The van der Waals surface area contributed by atoms with E-state index in [0.29, 0.717) is 17.0 Å². The number of anilines is 1. The Hall–Kier alpha value is -4.07. The molecule has 0 bridgehead atoms. The smallest absolute Gasteiger partial charge is 0.287 e. The molecule has 1 aromatic heterocycles. The molecule has 1 heterocycles. The Kier molecular flexibility index (Phi) is 7.64. The van der Waals surface area contributed by atoms with E-state index in [0.717, 1.165) is 11.1 Å². The van der Waals surface area contributed by atoms with E-state index >= 15 is 0 Å². The van der Waals surface area contributed by atoms with Gasteiger partial charge in [0, 0.05) is 24.3 Å². The maximum Gasteiger partial charge on any atom is 0.287 e. The van der Waals surface area contributed by atoms with Crippen LogP contribution in [-0.4, -0.2) is 37.4 Å². The van der Waals surface area contributed by atoms with Crippen molar-refractivity contribution >= 4 is 23.4 Å². The number of carbonyl (C=O) groups is 3. The van der Waals surface area contributed by atoms with Crippen LogP contribution in [0.1, 0.15) is 32.0 Å². The van der Waals surface area contributed by atoms with Gasteiger partial charge >= 0.3 is 0 Å². The van der Waals surface area contributed by atoms with Crippen LogP contribution in [0.4, 0.5) is 5.69 Å². The first-order valence-corrected chi connectivity index (χ1v) is 10.1. The summed E-state index contributed by atoms with van der Waals surface area (Å²) in [6.45, 7) is 4.40. The average Bonchev–Trinajstić information content (AvgIpc) is 3.33. The van der Waals surface area contributed by atoms with Gasteiger partial charge in [-0.15, -0.1) is 0 Å². The molecule has 0 atom stereocenters. The van der Waals surface area contributed by atoms with Gasteiger partial charge in [0.25, 0.3) is 17.7 Å². The van der Waals surface area contributed by atoms with Gasteiger partial charge in [0.05, 0.1) is 6.26 Å². The molecule has 3 amide bonds. The maximum atomic E-state index is 12.2. The molecule has 8 heteroatoms. The van der Waals surface area contributed by atoms with Crippen LogP contribution >= 0.6 is 0 Å². The molecule has 0 fully saturated rings. The Bertz CT molecular complexity index is 1080. The van der Waals surface area contributed by atoms with E-state index in [9.17, 15) is 14.4 Å². The quantitative estimate of drug-likeness (QED) is 0.448. The Balaban J connectivity index is 1.39. The lowest BCUT2D eigenvalue weighted by molar-refractivity contribution is -0.118. The number of hydrogen-bond donors (Lipinski definition) is 3. The number of ether oxygens (including phenoxy) is 1. The SMILES string of the molecule is Cc1ccc(OCC(=O)Nc2ccc(C(=O)NCCNC(=O)c3ccco3)cc2)cc1C. The fraction of sp³-hybridized carbons (Fsp3) is 0.208. The third-order valence-corrected chi connectivity index (χ3v) is 4.72. The maximum absolute atomic E-state index is 12.2. The first-order valence-electron chi connectivity index (χ1n) is 10.1. The van der Waals surface area contributed by atoms with Crippen molar-refractivity contribution in [3.63, 3.8) is 0 Å². The summed E-state index contributed by atoms with van der Waals surface area (Å²) in [6, 6.07) is 15.3. The largest absolute Gasteiger partial charge is 0.484 e. The fourth-order valence-electron chi connectivity index (χ4n) is 2.80. The Morgan fingerprint density at radius 2 is 1.59 bits per heavy atom. The lowest BCUT2D eigenvalue weighted by Gasteiger charge is -2.10. The Labute approximate surface area is 186 Å². The van der Waals surface area contributed by atoms with Gasteiger partial charge in [0.1, 0.15) is 5.75 Å². The second kappa shape index (κ2) is 10.8. The van der Waals surface area contributed by atoms with Crippen LogP contribution < -0.4 is 20.7 Å². The van der Waals surface area contributed by atoms with Gasteiger partial charge in [0.15, 0.2) is 12.4 Å². The molecule has 0 saturated carbocycles. The van der Waals surface area contributed by atoms with Gasteiger partial charge in [-0.25, -0.2) is 0 Å². The third kappa shape index (κ3) is 6.46. The number of nitrogens with one attached hydrogen (secondary N) is 3. The standard InChI is InChI=1S/C24H25N3O5/c1-16-5-10-20(14-17(16)2)32-15-22(28)27-19-8-6-18(7-9-19)23(29)25-11-12-26-24(30)21-4-3-13-31-21/h3-10,13-14H,11-12,15H2,1-2H3,(H,25,29)(H,26,30)(H,27,28). The molecule has 166 valence electrons. The van der Waals surface area contributed by atoms with Crippen LogP contribution in [-0.2, 0) is 4.79 Å². The number of carbonyl (C=O) groups excluding carboxylic acids is 3. The Morgan fingerprint density at radius 1 is 0.875 bits per heavy atom. The number of amides is 3. The third-order valence-electron chi connectivity index (χ3n) is 4.72. The minimum absolute atomic E-state index is 0.117. The van der Waals surface area contributed by atoms with E-state index in [1.54, 1.807) is 36.4 Å². The molecular weight excluding hydrogens is 410 g/mol. The summed E-state index contributed by atoms with van der Waals surface area (Å²) in [6.07, 6.45) is 1.42. The average molecular weight is 435 g/mol. The van der Waals surface area contributed by atoms with Crippen LogP contribution in [0, 0.1) is 13.8 Å². The summed E-state index contributed by atoms with van der Waals surface area (Å²) in [5, 5.41) is 8.09. The van der Waals surface area contributed by atoms with Crippen molar-refractivity contribution < 1.29 is 23.5 Å². The molecule has 0 spiro atoms. The minimum Gasteiger partial charge on any atom is -0.484 e. The minimum atomic E-state index is -0.342. The number of benzene rings is 2. The first-order chi connectivity index (χ1) is 15.4. The molecule has 8 nitrogen and oxygen atoms in total. The molecule has 32 heavy (non-hydrogen) atoms. The monoisotopic (exact) mass is 435 g/mol. The number of furan rings is 1. The second-order valence-corrected chi connectivity index (χ2v) is 7.15. The van der Waals surface area contributed by atoms with Crippen LogP contribution in [0.15, 0.2) is 65.3 Å². The lowest BCUT2D eigenvalue weighted by atomic mass is 10.1. The number of rotatable bonds is 9. The zero-order valence-electron chi connectivity index (χ0n) is 17.9. The zero-order chi connectivity index (χ0) is 22.9.